The van der Waals surface area contributed by atoms with Gasteiger partial charge in [-0.15, -0.1) is 0 Å². The Morgan fingerprint density at radius 2 is 2.11 bits per heavy atom. The number of fused-ring (bicyclic) bond motifs is 1. The first kappa shape index (κ1) is 11.5. The third-order valence-electron chi connectivity index (χ3n) is 3.96. The molecule has 0 spiro atoms. The minimum Gasteiger partial charge on any atom is -0.356 e. The first-order valence-electron chi connectivity index (χ1n) is 6.51. The number of nitrogens with two attached hydrogens (primary N) is 1. The Labute approximate surface area is 108 Å². The first-order chi connectivity index (χ1) is 8.70. The van der Waals surface area contributed by atoms with Crippen LogP contribution in [0.5, 0.6) is 0 Å². The van der Waals surface area contributed by atoms with E-state index in [0.717, 1.165) is 37.4 Å². The zero-order valence-corrected chi connectivity index (χ0v) is 10.8. The summed E-state index contributed by atoms with van der Waals surface area (Å²) in [5.41, 5.74) is 7.16. The maximum atomic E-state index is 5.85. The number of nitrogens with zero attached hydrogens (tertiary/aromatic N) is 2. The van der Waals surface area contributed by atoms with E-state index >= 15 is 0 Å². The Bertz CT molecular complexity index is 566. The van der Waals surface area contributed by atoms with Gasteiger partial charge in [0.1, 0.15) is 5.82 Å². The van der Waals surface area contributed by atoms with Crippen LogP contribution in [0.1, 0.15) is 13.3 Å². The average molecular weight is 241 g/mol. The van der Waals surface area contributed by atoms with Gasteiger partial charge < -0.3 is 10.6 Å². The minimum absolute atomic E-state index is 0.243. The third-order valence-corrected chi connectivity index (χ3v) is 3.96. The van der Waals surface area contributed by atoms with Crippen LogP contribution in [0.15, 0.2) is 36.4 Å². The van der Waals surface area contributed by atoms with Gasteiger partial charge in [-0.2, -0.15) is 0 Å². The minimum atomic E-state index is 0.243. The third kappa shape index (κ3) is 1.95. The van der Waals surface area contributed by atoms with Crippen LogP contribution in [0.25, 0.3) is 10.9 Å². The molecule has 0 bridgehead atoms. The van der Waals surface area contributed by atoms with E-state index in [1.54, 1.807) is 0 Å². The fourth-order valence-electron chi connectivity index (χ4n) is 2.62. The van der Waals surface area contributed by atoms with Crippen molar-refractivity contribution in [1.29, 1.82) is 0 Å². The van der Waals surface area contributed by atoms with Gasteiger partial charge >= 0.3 is 0 Å². The van der Waals surface area contributed by atoms with Crippen LogP contribution in [0, 0.1) is 5.41 Å². The van der Waals surface area contributed by atoms with Crippen LogP contribution < -0.4 is 10.6 Å². The van der Waals surface area contributed by atoms with Crippen LogP contribution in [0.2, 0.25) is 0 Å². The highest BCUT2D eigenvalue weighted by Gasteiger charge is 2.32. The Kier molecular flexibility index (Phi) is 2.71. The van der Waals surface area contributed by atoms with Crippen LogP contribution in [0.4, 0.5) is 5.82 Å². The molecule has 0 aliphatic carbocycles. The van der Waals surface area contributed by atoms with E-state index in [2.05, 4.69) is 36.1 Å². The van der Waals surface area contributed by atoms with Crippen molar-refractivity contribution in [3.63, 3.8) is 0 Å². The van der Waals surface area contributed by atoms with Gasteiger partial charge in [0.05, 0.1) is 5.52 Å². The van der Waals surface area contributed by atoms with E-state index in [1.807, 2.05) is 12.1 Å². The van der Waals surface area contributed by atoms with Gasteiger partial charge in [0, 0.05) is 18.5 Å². The van der Waals surface area contributed by atoms with Gasteiger partial charge in [0.25, 0.3) is 0 Å². The second-order valence-electron chi connectivity index (χ2n) is 5.55. The van der Waals surface area contributed by atoms with E-state index in [4.69, 9.17) is 10.7 Å². The monoisotopic (exact) mass is 241 g/mol. The topological polar surface area (TPSA) is 42.1 Å². The number of aromatic nitrogens is 1. The molecule has 3 heteroatoms. The van der Waals surface area contributed by atoms with Crippen molar-refractivity contribution < 1.29 is 0 Å². The fraction of sp³-hybridized carbons (Fsp3) is 0.400. The molecule has 1 aromatic heterocycles. The highest BCUT2D eigenvalue weighted by Crippen LogP contribution is 2.31. The molecule has 94 valence electrons. The number of rotatable bonds is 2. The lowest BCUT2D eigenvalue weighted by Gasteiger charge is -2.23. The molecule has 3 rings (SSSR count). The molecule has 18 heavy (non-hydrogen) atoms. The molecule has 2 heterocycles. The van der Waals surface area contributed by atoms with E-state index in [1.165, 1.54) is 5.39 Å². The van der Waals surface area contributed by atoms with Crippen molar-refractivity contribution in [2.45, 2.75) is 13.3 Å². The van der Waals surface area contributed by atoms with Gasteiger partial charge in [0.2, 0.25) is 0 Å². The van der Waals surface area contributed by atoms with Gasteiger partial charge in [0.15, 0.2) is 0 Å². The van der Waals surface area contributed by atoms with Crippen molar-refractivity contribution in [3.8, 4) is 0 Å². The Balaban J connectivity index is 1.91. The molecule has 1 saturated heterocycles. The lowest BCUT2D eigenvalue weighted by Crippen LogP contribution is -2.31. The molecule has 1 atom stereocenters. The molecule has 1 aliphatic heterocycles. The number of anilines is 1. The first-order valence-corrected chi connectivity index (χ1v) is 6.51. The highest BCUT2D eigenvalue weighted by molar-refractivity contribution is 5.80. The average Bonchev–Trinajstić information content (AvgIpc) is 2.82. The molecule has 1 unspecified atom stereocenters. The maximum Gasteiger partial charge on any atom is 0.129 e. The van der Waals surface area contributed by atoms with Crippen LogP contribution in [-0.2, 0) is 0 Å². The summed E-state index contributed by atoms with van der Waals surface area (Å²) in [4.78, 5) is 7.09. The van der Waals surface area contributed by atoms with Crippen molar-refractivity contribution >= 4 is 16.7 Å². The smallest absolute Gasteiger partial charge is 0.129 e. The molecule has 1 aromatic carbocycles. The summed E-state index contributed by atoms with van der Waals surface area (Å²) in [6.45, 7) is 5.07. The molecule has 1 fully saturated rings. The van der Waals surface area contributed by atoms with Crippen LogP contribution >= 0.6 is 0 Å². The summed E-state index contributed by atoms with van der Waals surface area (Å²) >= 11 is 0. The number of hydrogen-bond acceptors (Lipinski definition) is 3. The van der Waals surface area contributed by atoms with Crippen molar-refractivity contribution in [1.82, 2.24) is 4.98 Å². The summed E-state index contributed by atoms with van der Waals surface area (Å²) in [5, 5.41) is 1.20. The largest absolute Gasteiger partial charge is 0.356 e. The molecule has 2 aromatic rings. The van der Waals surface area contributed by atoms with Gasteiger partial charge in [-0.05, 0) is 36.6 Å². The maximum absolute atomic E-state index is 5.85. The SMILES string of the molecule is CC1(CN)CCN(c2ccc3ccccc3n2)C1. The van der Waals surface area contributed by atoms with Gasteiger partial charge in [-0.1, -0.05) is 25.1 Å². The predicted molar refractivity (Wildman–Crippen MR) is 75.7 cm³/mol. The van der Waals surface area contributed by atoms with Crippen LogP contribution in [0.3, 0.4) is 0 Å². The lowest BCUT2D eigenvalue weighted by atomic mass is 9.90. The molecular formula is C15H19N3. The molecular weight excluding hydrogens is 222 g/mol. The number of hydrogen-bond donors (Lipinski definition) is 1. The quantitative estimate of drug-likeness (QED) is 0.878. The summed E-state index contributed by atoms with van der Waals surface area (Å²) in [5.74, 6) is 1.07. The van der Waals surface area contributed by atoms with Gasteiger partial charge in [-0.3, -0.25) is 0 Å². The second-order valence-corrected chi connectivity index (χ2v) is 5.55. The summed E-state index contributed by atoms with van der Waals surface area (Å²) in [6, 6.07) is 12.5. The Morgan fingerprint density at radius 1 is 1.28 bits per heavy atom. The molecule has 2 N–H and O–H groups in total. The molecule has 0 amide bonds. The van der Waals surface area contributed by atoms with Crippen LogP contribution in [-0.4, -0.2) is 24.6 Å². The fourth-order valence-corrected chi connectivity index (χ4v) is 2.62. The molecule has 1 aliphatic rings. The van der Waals surface area contributed by atoms with Crippen molar-refractivity contribution in [2.75, 3.05) is 24.5 Å². The van der Waals surface area contributed by atoms with E-state index in [-0.39, 0.29) is 5.41 Å². The molecule has 0 radical (unpaired) electrons. The normalized spacial score (nSPS) is 23.8. The van der Waals surface area contributed by atoms with E-state index < -0.39 is 0 Å². The number of pyridine rings is 1. The van der Waals surface area contributed by atoms with E-state index in [0.29, 0.717) is 0 Å². The van der Waals surface area contributed by atoms with Crippen molar-refractivity contribution in [2.24, 2.45) is 11.1 Å². The summed E-state index contributed by atoms with van der Waals surface area (Å²) in [7, 11) is 0. The summed E-state index contributed by atoms with van der Waals surface area (Å²) < 4.78 is 0. The van der Waals surface area contributed by atoms with Gasteiger partial charge in [-0.25, -0.2) is 4.98 Å². The number of benzene rings is 1. The molecule has 3 nitrogen and oxygen atoms in total. The Morgan fingerprint density at radius 3 is 2.89 bits per heavy atom. The summed E-state index contributed by atoms with van der Waals surface area (Å²) in [6.07, 6.45) is 1.15. The number of para-hydroxylation sites is 1. The highest BCUT2D eigenvalue weighted by atomic mass is 15.2. The lowest BCUT2D eigenvalue weighted by molar-refractivity contribution is 0.383. The zero-order chi connectivity index (χ0) is 12.6. The predicted octanol–water partition coefficient (Wildman–Crippen LogP) is 2.41. The zero-order valence-electron chi connectivity index (χ0n) is 10.8. The van der Waals surface area contributed by atoms with E-state index in [9.17, 15) is 0 Å². The molecule has 0 saturated carbocycles. The Hall–Kier alpha value is -1.61. The van der Waals surface area contributed by atoms with Crippen molar-refractivity contribution in [3.05, 3.63) is 36.4 Å². The standard InChI is InChI=1S/C15H19N3/c1-15(10-16)8-9-18(11-15)14-7-6-12-4-2-3-5-13(12)17-14/h2-7H,8-11,16H2,1H3. The second kappa shape index (κ2) is 4.25.